The van der Waals surface area contributed by atoms with E-state index in [1.54, 1.807) is 13.1 Å². The molecule has 1 spiro atoms. The first-order chi connectivity index (χ1) is 26.4. The van der Waals surface area contributed by atoms with Crippen molar-refractivity contribution in [1.82, 2.24) is 30.4 Å². The van der Waals surface area contributed by atoms with E-state index in [0.717, 1.165) is 64.2 Å². The Balaban J connectivity index is 0.747. The molecule has 286 valence electrons. The fraction of sp³-hybridized carbons (Fsp3) is 0.512. The van der Waals surface area contributed by atoms with E-state index >= 15 is 0 Å². The standard InChI is InChI=1S/C41H44F2N8O4/c1-39-21-31-28(20-32(39)41(39,42)43)35(48-47-31)30-18-24-2-4-26(19-29(24)45-30)51-17-12-40(38(51)55)10-15-50(16-11-40)37(54)23-8-13-49(14-9-23)33-6-3-25(22-44-33)27-5-7-34(52)46-36(27)53/h2-4,6,18-19,22-23,27,32,45H,5,7-17,20-21H2,1H3,(H,47,48)(H,46,52,53)/t27?,32-,39?/m0/s1. The Morgan fingerprint density at radius 2 is 1.73 bits per heavy atom. The number of rotatable bonds is 5. The molecular formula is C41H44F2N8O4. The van der Waals surface area contributed by atoms with Crippen LogP contribution in [0.15, 0.2) is 42.6 Å². The average molecular weight is 751 g/mol. The predicted molar refractivity (Wildman–Crippen MR) is 199 cm³/mol. The van der Waals surface area contributed by atoms with Crippen LogP contribution in [-0.4, -0.2) is 87.3 Å². The molecule has 14 heteroatoms. The number of H-pyrrole nitrogens is 2. The summed E-state index contributed by atoms with van der Waals surface area (Å²) < 4.78 is 29.1. The van der Waals surface area contributed by atoms with Gasteiger partial charge in [-0.2, -0.15) is 5.10 Å². The van der Waals surface area contributed by atoms with Crippen LogP contribution in [0, 0.1) is 22.7 Å². The number of anilines is 2. The largest absolute Gasteiger partial charge is 0.357 e. The van der Waals surface area contributed by atoms with Crippen molar-refractivity contribution in [1.29, 1.82) is 0 Å². The van der Waals surface area contributed by atoms with Crippen molar-refractivity contribution in [3.63, 3.8) is 0 Å². The van der Waals surface area contributed by atoms with Gasteiger partial charge in [-0.1, -0.05) is 19.1 Å². The summed E-state index contributed by atoms with van der Waals surface area (Å²) in [4.78, 5) is 65.6. The van der Waals surface area contributed by atoms with Gasteiger partial charge in [0.05, 0.1) is 17.0 Å². The summed E-state index contributed by atoms with van der Waals surface area (Å²) in [5, 5.41) is 10.9. The number of nitrogens with one attached hydrogen (secondary N) is 3. The Hall–Kier alpha value is -5.14. The molecule has 3 aromatic heterocycles. The lowest BCUT2D eigenvalue weighted by molar-refractivity contribution is -0.141. The number of nitrogens with zero attached hydrogens (tertiary/aromatic N) is 5. The molecule has 4 aromatic rings. The average Bonchev–Trinajstić information content (AvgIpc) is 3.70. The molecule has 4 saturated heterocycles. The summed E-state index contributed by atoms with van der Waals surface area (Å²) in [6.45, 7) is 4.85. The number of fused-ring (bicyclic) bond motifs is 3. The third-order valence-electron chi connectivity index (χ3n) is 14.1. The summed E-state index contributed by atoms with van der Waals surface area (Å²) in [5.74, 6) is -3.14. The maximum Gasteiger partial charge on any atom is 0.258 e. The number of pyridine rings is 1. The molecule has 0 radical (unpaired) electrons. The van der Waals surface area contributed by atoms with Crippen molar-refractivity contribution in [2.24, 2.45) is 22.7 Å². The van der Waals surface area contributed by atoms with Gasteiger partial charge in [0.15, 0.2) is 0 Å². The fourth-order valence-electron chi connectivity index (χ4n) is 10.3. The van der Waals surface area contributed by atoms with Crippen molar-refractivity contribution >= 4 is 46.0 Å². The lowest BCUT2D eigenvalue weighted by Crippen LogP contribution is -2.49. The van der Waals surface area contributed by atoms with Crippen LogP contribution in [0.25, 0.3) is 22.3 Å². The minimum absolute atomic E-state index is 0.0666. The second-order valence-corrected chi connectivity index (χ2v) is 17.0. The van der Waals surface area contributed by atoms with Gasteiger partial charge >= 0.3 is 0 Å². The Bertz CT molecular complexity index is 2250. The van der Waals surface area contributed by atoms with Gasteiger partial charge in [0.25, 0.3) is 5.92 Å². The molecule has 4 amide bonds. The zero-order chi connectivity index (χ0) is 37.9. The number of carbonyl (C=O) groups excluding carboxylic acids is 4. The molecule has 4 aliphatic heterocycles. The van der Waals surface area contributed by atoms with E-state index in [1.807, 2.05) is 46.2 Å². The molecule has 7 heterocycles. The van der Waals surface area contributed by atoms with Crippen molar-refractivity contribution in [3.05, 3.63) is 59.4 Å². The molecule has 3 N–H and O–H groups in total. The number of aromatic amines is 2. The number of imide groups is 1. The molecule has 12 nitrogen and oxygen atoms in total. The van der Waals surface area contributed by atoms with Gasteiger partial charge < -0.3 is 19.7 Å². The first kappa shape index (κ1) is 34.4. The van der Waals surface area contributed by atoms with E-state index in [2.05, 4.69) is 30.4 Å². The van der Waals surface area contributed by atoms with Gasteiger partial charge in [-0.25, -0.2) is 13.8 Å². The summed E-state index contributed by atoms with van der Waals surface area (Å²) in [6, 6.07) is 11.8. The molecule has 0 bridgehead atoms. The lowest BCUT2D eigenvalue weighted by Gasteiger charge is -2.40. The van der Waals surface area contributed by atoms with Crippen LogP contribution in [-0.2, 0) is 32.0 Å². The quantitative estimate of drug-likeness (QED) is 0.241. The van der Waals surface area contributed by atoms with E-state index in [9.17, 15) is 28.0 Å². The maximum absolute atomic E-state index is 14.5. The van der Waals surface area contributed by atoms with E-state index in [1.165, 1.54) is 0 Å². The number of alkyl halides is 2. The number of hydrogen-bond donors (Lipinski definition) is 3. The summed E-state index contributed by atoms with van der Waals surface area (Å²) in [7, 11) is 0. The molecule has 10 rings (SSSR count). The number of benzene rings is 1. The van der Waals surface area contributed by atoms with Crippen LogP contribution in [0.1, 0.15) is 74.6 Å². The molecule has 2 aliphatic carbocycles. The molecular weight excluding hydrogens is 706 g/mol. The minimum Gasteiger partial charge on any atom is -0.357 e. The second kappa shape index (κ2) is 12.2. The van der Waals surface area contributed by atoms with Gasteiger partial charge in [0.2, 0.25) is 23.6 Å². The van der Waals surface area contributed by atoms with Crippen molar-refractivity contribution in [3.8, 4) is 11.4 Å². The van der Waals surface area contributed by atoms with Crippen molar-refractivity contribution < 1.29 is 28.0 Å². The molecule has 6 aliphatic rings. The molecule has 5 fully saturated rings. The van der Waals surface area contributed by atoms with Gasteiger partial charge in [0.1, 0.15) is 11.5 Å². The van der Waals surface area contributed by atoms with Gasteiger partial charge in [0, 0.05) is 96.9 Å². The van der Waals surface area contributed by atoms with Crippen LogP contribution >= 0.6 is 0 Å². The van der Waals surface area contributed by atoms with E-state index in [0.29, 0.717) is 76.9 Å². The van der Waals surface area contributed by atoms with E-state index in [4.69, 9.17) is 0 Å². The third kappa shape index (κ3) is 5.33. The lowest BCUT2D eigenvalue weighted by atomic mass is 9.76. The van der Waals surface area contributed by atoms with Gasteiger partial charge in [-0.15, -0.1) is 0 Å². The van der Waals surface area contributed by atoms with Crippen LogP contribution in [0.3, 0.4) is 0 Å². The number of aromatic nitrogens is 4. The SMILES string of the molecule is CC12Cc3[nH]nc(-c4cc5ccc(N6CCC7(CCN(C(=O)C8CCN(c9ccc(C%10CCC(=O)NC%10=O)cn9)CC8)CC7)C6=O)cc5[nH]4)c3C[C@@H]1C2(F)F. The molecule has 3 atom stereocenters. The number of piperidine rings is 3. The van der Waals surface area contributed by atoms with Crippen LogP contribution in [0.4, 0.5) is 20.3 Å². The summed E-state index contributed by atoms with van der Waals surface area (Å²) >= 11 is 0. The number of carbonyl (C=O) groups is 4. The predicted octanol–water partition coefficient (Wildman–Crippen LogP) is 5.11. The maximum atomic E-state index is 14.5. The zero-order valence-electron chi connectivity index (χ0n) is 30.8. The first-order valence-corrected chi connectivity index (χ1v) is 19.7. The first-order valence-electron chi connectivity index (χ1n) is 19.7. The van der Waals surface area contributed by atoms with Crippen molar-refractivity contribution in [2.75, 3.05) is 42.5 Å². The highest BCUT2D eigenvalue weighted by atomic mass is 19.3. The van der Waals surface area contributed by atoms with Crippen LogP contribution < -0.4 is 15.1 Å². The van der Waals surface area contributed by atoms with E-state index in [-0.39, 0.29) is 35.5 Å². The summed E-state index contributed by atoms with van der Waals surface area (Å²) in [5.41, 5.74) is 4.16. The van der Waals surface area contributed by atoms with Gasteiger partial charge in [-0.3, -0.25) is 29.6 Å². The molecule has 2 unspecified atom stereocenters. The Morgan fingerprint density at radius 1 is 0.945 bits per heavy atom. The number of likely N-dealkylation sites (tertiary alicyclic amines) is 1. The van der Waals surface area contributed by atoms with E-state index < -0.39 is 22.7 Å². The Labute approximate surface area is 316 Å². The molecule has 55 heavy (non-hydrogen) atoms. The normalized spacial score (nSPS) is 27.4. The summed E-state index contributed by atoms with van der Waals surface area (Å²) in [6.07, 6.45) is 6.64. The van der Waals surface area contributed by atoms with Crippen molar-refractivity contribution in [2.45, 2.75) is 76.6 Å². The number of amides is 4. The van der Waals surface area contributed by atoms with Crippen LogP contribution in [0.2, 0.25) is 0 Å². The monoisotopic (exact) mass is 750 g/mol. The molecule has 1 aromatic carbocycles. The highest BCUT2D eigenvalue weighted by Gasteiger charge is 2.78. The number of hydrogen-bond acceptors (Lipinski definition) is 7. The highest BCUT2D eigenvalue weighted by Crippen LogP contribution is 2.70. The molecule has 1 saturated carbocycles. The topological polar surface area (TPSA) is 147 Å². The van der Waals surface area contributed by atoms with Crippen LogP contribution in [0.5, 0.6) is 0 Å². The Kier molecular flexibility index (Phi) is 7.61. The second-order valence-electron chi connectivity index (χ2n) is 17.0. The van der Waals surface area contributed by atoms with Gasteiger partial charge in [-0.05, 0) is 74.8 Å². The Morgan fingerprint density at radius 3 is 2.47 bits per heavy atom. The zero-order valence-corrected chi connectivity index (χ0v) is 30.8. The fourth-order valence-corrected chi connectivity index (χ4v) is 10.3. The smallest absolute Gasteiger partial charge is 0.258 e. The number of halogens is 2. The highest BCUT2D eigenvalue weighted by molar-refractivity contribution is 6.02. The minimum atomic E-state index is -2.65. The third-order valence-corrected chi connectivity index (χ3v) is 14.1.